The smallest absolute Gasteiger partial charge is 0.410 e. The lowest BCUT2D eigenvalue weighted by Crippen LogP contribution is -2.35. The molecule has 0 spiro atoms. The quantitative estimate of drug-likeness (QED) is 0.848. The Hall–Kier alpha value is -1.49. The van der Waals surface area contributed by atoms with E-state index < -0.39 is 11.7 Å². The lowest BCUT2D eigenvalue weighted by Gasteiger charge is -2.24. The maximum Gasteiger partial charge on any atom is 0.410 e. The standard InChI is InChI=1S/C14H21NO4/c1-9-7-18-8-11(9)10-5-15(6-12(10)16)13(17)19-14(2,3)4/h7-8,10,12,16H,5-6H2,1-4H3. The first kappa shape index (κ1) is 13.9. The second-order valence-electron chi connectivity index (χ2n) is 6.07. The summed E-state index contributed by atoms with van der Waals surface area (Å²) in [6, 6.07) is 0. The van der Waals surface area contributed by atoms with Crippen LogP contribution in [0.2, 0.25) is 0 Å². The number of furan rings is 1. The Labute approximate surface area is 113 Å². The van der Waals surface area contributed by atoms with Gasteiger partial charge in [-0.3, -0.25) is 0 Å². The third-order valence-corrected chi connectivity index (χ3v) is 3.24. The van der Waals surface area contributed by atoms with E-state index in [-0.39, 0.29) is 12.0 Å². The SMILES string of the molecule is Cc1cocc1C1CN(C(=O)OC(C)(C)C)CC1O. The number of carbonyl (C=O) groups excluding carboxylic acids is 1. The van der Waals surface area contributed by atoms with Crippen LogP contribution in [0.15, 0.2) is 16.9 Å². The molecule has 0 radical (unpaired) electrons. The van der Waals surface area contributed by atoms with Crippen LogP contribution >= 0.6 is 0 Å². The first-order valence-electron chi connectivity index (χ1n) is 6.46. The number of aliphatic hydroxyl groups is 1. The number of aryl methyl sites for hydroxylation is 1. The Kier molecular flexibility index (Phi) is 3.58. The van der Waals surface area contributed by atoms with Gasteiger partial charge in [0.1, 0.15) is 5.60 Å². The molecule has 19 heavy (non-hydrogen) atoms. The van der Waals surface area contributed by atoms with Gasteiger partial charge in [-0.25, -0.2) is 4.79 Å². The molecule has 0 bridgehead atoms. The van der Waals surface area contributed by atoms with Crippen molar-refractivity contribution in [2.75, 3.05) is 13.1 Å². The molecular formula is C14H21NO4. The van der Waals surface area contributed by atoms with Crippen LogP contribution in [0.25, 0.3) is 0 Å². The van der Waals surface area contributed by atoms with E-state index in [0.29, 0.717) is 13.1 Å². The number of amides is 1. The largest absolute Gasteiger partial charge is 0.472 e. The van der Waals surface area contributed by atoms with Crippen LogP contribution in [0, 0.1) is 6.92 Å². The Morgan fingerprint density at radius 1 is 1.42 bits per heavy atom. The summed E-state index contributed by atoms with van der Waals surface area (Å²) in [4.78, 5) is 13.5. The van der Waals surface area contributed by atoms with Crippen molar-refractivity contribution in [2.24, 2.45) is 0 Å². The fraction of sp³-hybridized carbons (Fsp3) is 0.643. The number of carbonyl (C=O) groups is 1. The molecule has 0 aliphatic carbocycles. The fourth-order valence-corrected chi connectivity index (χ4v) is 2.32. The summed E-state index contributed by atoms with van der Waals surface area (Å²) in [5.74, 6) is -0.105. The van der Waals surface area contributed by atoms with Gasteiger partial charge in [-0.05, 0) is 33.3 Å². The second-order valence-corrected chi connectivity index (χ2v) is 6.07. The summed E-state index contributed by atoms with van der Waals surface area (Å²) in [5, 5.41) is 10.1. The number of rotatable bonds is 1. The van der Waals surface area contributed by atoms with Crippen molar-refractivity contribution in [3.63, 3.8) is 0 Å². The van der Waals surface area contributed by atoms with Crippen molar-refractivity contribution in [3.05, 3.63) is 23.7 Å². The van der Waals surface area contributed by atoms with Crippen molar-refractivity contribution in [1.29, 1.82) is 0 Å². The molecule has 1 aliphatic heterocycles. The van der Waals surface area contributed by atoms with Gasteiger partial charge >= 0.3 is 6.09 Å². The molecule has 1 fully saturated rings. The van der Waals surface area contributed by atoms with E-state index in [0.717, 1.165) is 11.1 Å². The van der Waals surface area contributed by atoms with Gasteiger partial charge in [0.2, 0.25) is 0 Å². The molecule has 2 heterocycles. The van der Waals surface area contributed by atoms with E-state index in [9.17, 15) is 9.90 Å². The van der Waals surface area contributed by atoms with Gasteiger partial charge in [-0.15, -0.1) is 0 Å². The van der Waals surface area contributed by atoms with Gasteiger partial charge in [-0.2, -0.15) is 0 Å². The first-order chi connectivity index (χ1) is 8.78. The number of nitrogens with zero attached hydrogens (tertiary/aromatic N) is 1. The number of hydrogen-bond donors (Lipinski definition) is 1. The Bertz CT molecular complexity index is 460. The van der Waals surface area contributed by atoms with Crippen LogP contribution in [-0.4, -0.2) is 40.9 Å². The number of likely N-dealkylation sites (tertiary alicyclic amines) is 1. The van der Waals surface area contributed by atoms with Crippen LogP contribution in [0.4, 0.5) is 4.79 Å². The summed E-state index contributed by atoms with van der Waals surface area (Å²) in [5.41, 5.74) is 1.43. The van der Waals surface area contributed by atoms with E-state index >= 15 is 0 Å². The molecule has 2 atom stereocenters. The lowest BCUT2D eigenvalue weighted by molar-refractivity contribution is 0.0270. The van der Waals surface area contributed by atoms with Crippen molar-refractivity contribution < 1.29 is 19.1 Å². The van der Waals surface area contributed by atoms with Crippen molar-refractivity contribution in [1.82, 2.24) is 4.90 Å². The van der Waals surface area contributed by atoms with Gasteiger partial charge in [0.25, 0.3) is 0 Å². The molecule has 2 unspecified atom stereocenters. The monoisotopic (exact) mass is 267 g/mol. The maximum absolute atomic E-state index is 12.0. The van der Waals surface area contributed by atoms with Crippen molar-refractivity contribution >= 4 is 6.09 Å². The Balaban J connectivity index is 2.06. The topological polar surface area (TPSA) is 62.9 Å². The molecule has 1 aromatic rings. The molecule has 0 aromatic carbocycles. The highest BCUT2D eigenvalue weighted by atomic mass is 16.6. The third kappa shape index (κ3) is 3.10. The highest BCUT2D eigenvalue weighted by Gasteiger charge is 2.38. The zero-order chi connectivity index (χ0) is 14.2. The van der Waals surface area contributed by atoms with E-state index in [1.807, 2.05) is 27.7 Å². The minimum atomic E-state index is -0.580. The predicted octanol–water partition coefficient (Wildman–Crippen LogP) is 2.28. The molecule has 5 heteroatoms. The molecule has 0 saturated carbocycles. The van der Waals surface area contributed by atoms with Gasteiger partial charge in [0, 0.05) is 18.0 Å². The average Bonchev–Trinajstić information content (AvgIpc) is 2.82. The second kappa shape index (κ2) is 4.89. The third-order valence-electron chi connectivity index (χ3n) is 3.24. The minimum absolute atomic E-state index is 0.105. The number of aliphatic hydroxyl groups excluding tert-OH is 1. The molecule has 1 aliphatic rings. The van der Waals surface area contributed by atoms with Crippen molar-refractivity contribution in [3.8, 4) is 0 Å². The average molecular weight is 267 g/mol. The summed E-state index contributed by atoms with van der Waals surface area (Å²) in [7, 11) is 0. The summed E-state index contributed by atoms with van der Waals surface area (Å²) in [6.07, 6.45) is 2.33. The normalized spacial score (nSPS) is 23.7. The van der Waals surface area contributed by atoms with Crippen LogP contribution in [0.1, 0.15) is 37.8 Å². The summed E-state index contributed by atoms with van der Waals surface area (Å²) < 4.78 is 10.5. The molecular weight excluding hydrogens is 246 g/mol. The molecule has 1 saturated heterocycles. The van der Waals surface area contributed by atoms with Crippen LogP contribution < -0.4 is 0 Å². The van der Waals surface area contributed by atoms with Gasteiger partial charge in [-0.1, -0.05) is 0 Å². The Morgan fingerprint density at radius 2 is 2.11 bits per heavy atom. The van der Waals surface area contributed by atoms with E-state index in [1.54, 1.807) is 17.4 Å². The minimum Gasteiger partial charge on any atom is -0.472 e. The van der Waals surface area contributed by atoms with E-state index in [2.05, 4.69) is 0 Å². The highest BCUT2D eigenvalue weighted by Crippen LogP contribution is 2.31. The van der Waals surface area contributed by atoms with E-state index in [1.165, 1.54) is 0 Å². The number of hydrogen-bond acceptors (Lipinski definition) is 4. The maximum atomic E-state index is 12.0. The van der Waals surface area contributed by atoms with Crippen molar-refractivity contribution in [2.45, 2.75) is 45.3 Å². The van der Waals surface area contributed by atoms with Crippen LogP contribution in [0.5, 0.6) is 0 Å². The van der Waals surface area contributed by atoms with Gasteiger partial charge < -0.3 is 19.2 Å². The van der Waals surface area contributed by atoms with Gasteiger partial charge in [0.15, 0.2) is 0 Å². The lowest BCUT2D eigenvalue weighted by atomic mass is 9.96. The fourth-order valence-electron chi connectivity index (χ4n) is 2.32. The molecule has 106 valence electrons. The molecule has 1 amide bonds. The number of ether oxygens (including phenoxy) is 1. The zero-order valence-electron chi connectivity index (χ0n) is 11.8. The Morgan fingerprint density at radius 3 is 2.63 bits per heavy atom. The number of β-amino-alcohol motifs (C(OH)–C–C–N with tert-alkyl or cyclic N) is 1. The van der Waals surface area contributed by atoms with Crippen LogP contribution in [0.3, 0.4) is 0 Å². The molecule has 1 aromatic heterocycles. The predicted molar refractivity (Wildman–Crippen MR) is 70.0 cm³/mol. The van der Waals surface area contributed by atoms with Gasteiger partial charge in [0.05, 0.1) is 25.2 Å². The van der Waals surface area contributed by atoms with E-state index in [4.69, 9.17) is 9.15 Å². The summed E-state index contributed by atoms with van der Waals surface area (Å²) in [6.45, 7) is 8.17. The first-order valence-corrected chi connectivity index (χ1v) is 6.46. The zero-order valence-corrected chi connectivity index (χ0v) is 11.8. The molecule has 5 nitrogen and oxygen atoms in total. The molecule has 1 N–H and O–H groups in total. The summed E-state index contributed by atoms with van der Waals surface area (Å²) >= 11 is 0. The highest BCUT2D eigenvalue weighted by molar-refractivity contribution is 5.69. The molecule has 2 rings (SSSR count). The van der Waals surface area contributed by atoms with Crippen LogP contribution in [-0.2, 0) is 4.74 Å².